The topological polar surface area (TPSA) is 50.2 Å². The molecule has 0 unspecified atom stereocenters. The van der Waals surface area contributed by atoms with Crippen molar-refractivity contribution in [3.05, 3.63) is 89.5 Å². The minimum Gasteiger partial charge on any atom is -0.245 e. The van der Waals surface area contributed by atoms with Crippen molar-refractivity contribution in [3.8, 4) is 11.3 Å². The second-order valence-electron chi connectivity index (χ2n) is 6.51. The Labute approximate surface area is 158 Å². The molecule has 0 saturated carbocycles. The Morgan fingerprint density at radius 2 is 1.56 bits per heavy atom. The molecule has 3 aromatic carbocycles. The number of anilines is 1. The molecule has 4 rings (SSSR count). The highest BCUT2D eigenvalue weighted by atomic mass is 15.3. The number of para-hydroxylation sites is 1. The quantitative estimate of drug-likeness (QED) is 0.397. The van der Waals surface area contributed by atoms with Gasteiger partial charge in [0.15, 0.2) is 0 Å². The van der Waals surface area contributed by atoms with Crippen LogP contribution >= 0.6 is 0 Å². The van der Waals surface area contributed by atoms with Crippen LogP contribution in [0.4, 0.5) is 5.95 Å². The zero-order valence-electron chi connectivity index (χ0n) is 15.3. The van der Waals surface area contributed by atoms with Gasteiger partial charge >= 0.3 is 0 Å². The highest BCUT2D eigenvalue weighted by Gasteiger charge is 2.09. The van der Waals surface area contributed by atoms with Gasteiger partial charge in [-0.25, -0.2) is 15.4 Å². The summed E-state index contributed by atoms with van der Waals surface area (Å²) >= 11 is 0. The summed E-state index contributed by atoms with van der Waals surface area (Å²) in [5, 5.41) is 5.35. The number of hydrogen-bond acceptors (Lipinski definition) is 4. The summed E-state index contributed by atoms with van der Waals surface area (Å²) < 4.78 is 0. The Bertz CT molecular complexity index is 1110. The second-order valence-corrected chi connectivity index (χ2v) is 6.51. The van der Waals surface area contributed by atoms with E-state index in [-0.39, 0.29) is 0 Å². The Kier molecular flexibility index (Phi) is 4.62. The molecule has 0 atom stereocenters. The molecule has 27 heavy (non-hydrogen) atoms. The first-order valence-electron chi connectivity index (χ1n) is 8.89. The van der Waals surface area contributed by atoms with Crippen LogP contribution in [0.1, 0.15) is 16.7 Å². The average molecular weight is 352 g/mol. The highest BCUT2D eigenvalue weighted by Crippen LogP contribution is 2.27. The molecule has 0 saturated heterocycles. The largest absolute Gasteiger partial charge is 0.245 e. The summed E-state index contributed by atoms with van der Waals surface area (Å²) in [6, 6.07) is 24.5. The normalized spacial score (nSPS) is 11.2. The molecule has 4 heteroatoms. The highest BCUT2D eigenvalue weighted by molar-refractivity contribution is 5.93. The molecule has 1 N–H and O–H groups in total. The van der Waals surface area contributed by atoms with Crippen LogP contribution in [0.5, 0.6) is 0 Å². The van der Waals surface area contributed by atoms with Crippen LogP contribution in [0.2, 0.25) is 0 Å². The van der Waals surface area contributed by atoms with Crippen LogP contribution in [0.3, 0.4) is 0 Å². The lowest BCUT2D eigenvalue weighted by molar-refractivity contribution is 1.15. The molecule has 0 aliphatic heterocycles. The van der Waals surface area contributed by atoms with E-state index in [1.54, 1.807) is 6.21 Å². The third kappa shape index (κ3) is 3.70. The van der Waals surface area contributed by atoms with Crippen molar-refractivity contribution in [3.63, 3.8) is 0 Å². The maximum Gasteiger partial charge on any atom is 0.244 e. The second kappa shape index (κ2) is 7.38. The van der Waals surface area contributed by atoms with Gasteiger partial charge in [0.2, 0.25) is 5.95 Å². The van der Waals surface area contributed by atoms with E-state index in [1.165, 1.54) is 11.1 Å². The Hall–Kier alpha value is -3.53. The van der Waals surface area contributed by atoms with Crippen molar-refractivity contribution in [2.24, 2.45) is 5.10 Å². The predicted octanol–water partition coefficient (Wildman–Crippen LogP) is 5.36. The lowest BCUT2D eigenvalue weighted by Gasteiger charge is -2.09. The van der Waals surface area contributed by atoms with Crippen molar-refractivity contribution >= 4 is 23.1 Å². The molecule has 0 spiro atoms. The summed E-state index contributed by atoms with van der Waals surface area (Å²) in [4.78, 5) is 9.32. The maximum atomic E-state index is 4.72. The SMILES string of the molecule is Cc1ccc(-c2nc(N/N=C/c3ccccc3C)nc3ccccc23)cc1. The average Bonchev–Trinajstić information content (AvgIpc) is 2.69. The standard InChI is InChI=1S/C23H20N4/c1-16-11-13-18(14-12-16)22-20-9-5-6-10-21(20)25-23(26-22)27-24-15-19-8-4-3-7-17(19)2/h3-15H,1-2H3,(H,25,26,27)/b24-15+. The molecular weight excluding hydrogens is 332 g/mol. The van der Waals surface area contributed by atoms with Crippen LogP contribution in [0.25, 0.3) is 22.2 Å². The monoisotopic (exact) mass is 352 g/mol. The molecule has 4 aromatic rings. The maximum absolute atomic E-state index is 4.72. The lowest BCUT2D eigenvalue weighted by Crippen LogP contribution is -2.00. The smallest absolute Gasteiger partial charge is 0.244 e. The third-order valence-electron chi connectivity index (χ3n) is 4.48. The number of hydrogen-bond donors (Lipinski definition) is 1. The van der Waals surface area contributed by atoms with Crippen molar-refractivity contribution in [1.82, 2.24) is 9.97 Å². The first-order valence-corrected chi connectivity index (χ1v) is 8.89. The van der Waals surface area contributed by atoms with Gasteiger partial charge in [0.05, 0.1) is 17.4 Å². The van der Waals surface area contributed by atoms with Gasteiger partial charge in [-0.15, -0.1) is 0 Å². The molecule has 0 amide bonds. The van der Waals surface area contributed by atoms with E-state index in [0.717, 1.165) is 27.7 Å². The summed E-state index contributed by atoms with van der Waals surface area (Å²) in [6.45, 7) is 4.14. The van der Waals surface area contributed by atoms with Crippen molar-refractivity contribution in [1.29, 1.82) is 0 Å². The van der Waals surface area contributed by atoms with Gasteiger partial charge in [0.25, 0.3) is 0 Å². The summed E-state index contributed by atoms with van der Waals surface area (Å²) in [6.07, 6.45) is 1.79. The molecule has 0 radical (unpaired) electrons. The first-order chi connectivity index (χ1) is 13.2. The van der Waals surface area contributed by atoms with Crippen LogP contribution in [-0.2, 0) is 0 Å². The van der Waals surface area contributed by atoms with Crippen LogP contribution in [0, 0.1) is 13.8 Å². The number of benzene rings is 3. The molecule has 1 aromatic heterocycles. The lowest BCUT2D eigenvalue weighted by atomic mass is 10.1. The molecule has 0 aliphatic carbocycles. The van der Waals surface area contributed by atoms with Gasteiger partial charge in [-0.2, -0.15) is 5.10 Å². The fourth-order valence-corrected chi connectivity index (χ4v) is 2.95. The molecular formula is C23H20N4. The van der Waals surface area contributed by atoms with E-state index >= 15 is 0 Å². The number of rotatable bonds is 4. The zero-order chi connectivity index (χ0) is 18.6. The number of aryl methyl sites for hydroxylation is 2. The number of nitrogens with zero attached hydrogens (tertiary/aromatic N) is 3. The van der Waals surface area contributed by atoms with Crippen LogP contribution in [0.15, 0.2) is 77.9 Å². The fraction of sp³-hybridized carbons (Fsp3) is 0.0870. The minimum absolute atomic E-state index is 0.481. The molecule has 0 fully saturated rings. The first kappa shape index (κ1) is 16.9. The summed E-state index contributed by atoms with van der Waals surface area (Å²) in [5.41, 5.74) is 9.27. The van der Waals surface area contributed by atoms with Crippen molar-refractivity contribution in [2.45, 2.75) is 13.8 Å². The predicted molar refractivity (Wildman–Crippen MR) is 112 cm³/mol. The number of hydrazone groups is 1. The van der Waals surface area contributed by atoms with Gasteiger partial charge in [-0.1, -0.05) is 72.3 Å². The van der Waals surface area contributed by atoms with Crippen molar-refractivity contribution < 1.29 is 0 Å². The van der Waals surface area contributed by atoms with Gasteiger partial charge < -0.3 is 0 Å². The third-order valence-corrected chi connectivity index (χ3v) is 4.48. The Balaban J connectivity index is 1.71. The number of aromatic nitrogens is 2. The van der Waals surface area contributed by atoms with E-state index in [4.69, 9.17) is 4.98 Å². The van der Waals surface area contributed by atoms with Crippen LogP contribution < -0.4 is 5.43 Å². The zero-order valence-corrected chi connectivity index (χ0v) is 15.3. The summed E-state index contributed by atoms with van der Waals surface area (Å²) in [5.74, 6) is 0.481. The summed E-state index contributed by atoms with van der Waals surface area (Å²) in [7, 11) is 0. The van der Waals surface area contributed by atoms with Gasteiger partial charge in [-0.05, 0) is 31.0 Å². The Morgan fingerprint density at radius 3 is 2.37 bits per heavy atom. The number of fused-ring (bicyclic) bond motifs is 1. The molecule has 0 aliphatic rings. The molecule has 132 valence electrons. The van der Waals surface area contributed by atoms with E-state index in [1.807, 2.05) is 42.5 Å². The Morgan fingerprint density at radius 1 is 0.815 bits per heavy atom. The van der Waals surface area contributed by atoms with Gasteiger partial charge in [-0.3, -0.25) is 0 Å². The van der Waals surface area contributed by atoms with E-state index in [0.29, 0.717) is 5.95 Å². The molecule has 4 nitrogen and oxygen atoms in total. The van der Waals surface area contributed by atoms with E-state index in [2.05, 4.69) is 59.7 Å². The molecule has 0 bridgehead atoms. The fourth-order valence-electron chi connectivity index (χ4n) is 2.95. The van der Waals surface area contributed by atoms with Crippen molar-refractivity contribution in [2.75, 3.05) is 5.43 Å². The van der Waals surface area contributed by atoms with Gasteiger partial charge in [0.1, 0.15) is 0 Å². The van der Waals surface area contributed by atoms with E-state index < -0.39 is 0 Å². The minimum atomic E-state index is 0.481. The van der Waals surface area contributed by atoms with Gasteiger partial charge in [0, 0.05) is 10.9 Å². The number of nitrogens with one attached hydrogen (secondary N) is 1. The molecule has 1 heterocycles. The van der Waals surface area contributed by atoms with Crippen LogP contribution in [-0.4, -0.2) is 16.2 Å². The van der Waals surface area contributed by atoms with E-state index in [9.17, 15) is 0 Å².